The number of ether oxygens (including phenoxy) is 1. The third-order valence-electron chi connectivity index (χ3n) is 3.69. The number of hydrogen-bond acceptors (Lipinski definition) is 4. The SMILES string of the molecule is C[C@@H]1CN(c2ncc(Br)cc2C(F)(F)F)CCN1C(=O)OC(C)(C)C. The van der Waals surface area contributed by atoms with Crippen molar-refractivity contribution < 1.29 is 22.7 Å². The van der Waals surface area contributed by atoms with Gasteiger partial charge in [-0.05, 0) is 49.7 Å². The third kappa shape index (κ3) is 4.99. The number of pyridine rings is 1. The summed E-state index contributed by atoms with van der Waals surface area (Å²) >= 11 is 3.03. The Labute approximate surface area is 153 Å². The highest BCUT2D eigenvalue weighted by molar-refractivity contribution is 9.10. The molecular formula is C16H21BrF3N3O2. The van der Waals surface area contributed by atoms with Crippen molar-refractivity contribution >= 4 is 27.8 Å². The summed E-state index contributed by atoms with van der Waals surface area (Å²) in [5, 5.41) is 0. The zero-order valence-electron chi connectivity index (χ0n) is 14.5. The van der Waals surface area contributed by atoms with Crippen molar-refractivity contribution in [3.8, 4) is 0 Å². The van der Waals surface area contributed by atoms with E-state index < -0.39 is 23.4 Å². The molecule has 25 heavy (non-hydrogen) atoms. The average molecular weight is 424 g/mol. The van der Waals surface area contributed by atoms with Crippen LogP contribution in [-0.4, -0.2) is 47.3 Å². The number of alkyl halides is 3. The molecular weight excluding hydrogens is 403 g/mol. The molecule has 2 heterocycles. The Morgan fingerprint density at radius 1 is 1.32 bits per heavy atom. The van der Waals surface area contributed by atoms with E-state index in [0.29, 0.717) is 0 Å². The number of piperazine rings is 1. The van der Waals surface area contributed by atoms with Crippen LogP contribution in [0.2, 0.25) is 0 Å². The summed E-state index contributed by atoms with van der Waals surface area (Å²) in [5.74, 6) is -0.119. The summed E-state index contributed by atoms with van der Waals surface area (Å²) in [6, 6.07) is 0.725. The van der Waals surface area contributed by atoms with E-state index >= 15 is 0 Å². The number of amides is 1. The van der Waals surface area contributed by atoms with Crippen LogP contribution in [0.15, 0.2) is 16.7 Å². The molecule has 2 rings (SSSR count). The second-order valence-electron chi connectivity index (χ2n) is 6.99. The van der Waals surface area contributed by atoms with Crippen LogP contribution >= 0.6 is 15.9 Å². The monoisotopic (exact) mass is 423 g/mol. The number of aromatic nitrogens is 1. The predicted octanol–water partition coefficient (Wildman–Crippen LogP) is 4.31. The molecule has 0 aliphatic carbocycles. The second-order valence-corrected chi connectivity index (χ2v) is 7.91. The standard InChI is InChI=1S/C16H21BrF3N3O2/c1-10-9-22(5-6-23(10)14(24)25-15(2,3)4)13-12(16(18,19)20)7-11(17)8-21-13/h7-8,10H,5-6,9H2,1-4H3/t10-/m1/s1. The highest BCUT2D eigenvalue weighted by Crippen LogP contribution is 2.37. The Morgan fingerprint density at radius 3 is 2.48 bits per heavy atom. The summed E-state index contributed by atoms with van der Waals surface area (Å²) < 4.78 is 45.5. The van der Waals surface area contributed by atoms with Gasteiger partial charge < -0.3 is 14.5 Å². The van der Waals surface area contributed by atoms with Gasteiger partial charge in [-0.1, -0.05) is 0 Å². The minimum atomic E-state index is -4.50. The first-order valence-corrected chi connectivity index (χ1v) is 8.65. The molecule has 0 unspecified atom stereocenters. The van der Waals surface area contributed by atoms with E-state index in [0.717, 1.165) is 6.07 Å². The summed E-state index contributed by atoms with van der Waals surface area (Å²) in [6.45, 7) is 7.86. The fraction of sp³-hybridized carbons (Fsp3) is 0.625. The van der Waals surface area contributed by atoms with Crippen molar-refractivity contribution in [2.75, 3.05) is 24.5 Å². The van der Waals surface area contributed by atoms with Crippen molar-refractivity contribution in [2.24, 2.45) is 0 Å². The summed E-state index contributed by atoms with van der Waals surface area (Å²) in [7, 11) is 0. The Morgan fingerprint density at radius 2 is 1.96 bits per heavy atom. The van der Waals surface area contributed by atoms with Crippen LogP contribution in [0.4, 0.5) is 23.8 Å². The van der Waals surface area contributed by atoms with Gasteiger partial charge in [0.1, 0.15) is 11.4 Å². The van der Waals surface area contributed by atoms with Gasteiger partial charge in [-0.25, -0.2) is 9.78 Å². The highest BCUT2D eigenvalue weighted by Gasteiger charge is 2.38. The number of hydrogen-bond donors (Lipinski definition) is 0. The van der Waals surface area contributed by atoms with E-state index in [-0.39, 0.29) is 36.0 Å². The van der Waals surface area contributed by atoms with Crippen LogP contribution in [0.1, 0.15) is 33.3 Å². The molecule has 0 N–H and O–H groups in total. The molecule has 1 aliphatic rings. The lowest BCUT2D eigenvalue weighted by atomic mass is 10.1. The van der Waals surface area contributed by atoms with Gasteiger partial charge in [0.25, 0.3) is 0 Å². The minimum Gasteiger partial charge on any atom is -0.444 e. The maximum absolute atomic E-state index is 13.3. The van der Waals surface area contributed by atoms with E-state index in [4.69, 9.17) is 4.74 Å². The molecule has 0 spiro atoms. The van der Waals surface area contributed by atoms with Gasteiger partial charge in [0.05, 0.1) is 5.56 Å². The lowest BCUT2D eigenvalue weighted by molar-refractivity contribution is -0.137. The zero-order valence-corrected chi connectivity index (χ0v) is 16.1. The maximum Gasteiger partial charge on any atom is 0.419 e. The van der Waals surface area contributed by atoms with Crippen LogP contribution in [-0.2, 0) is 10.9 Å². The number of anilines is 1. The molecule has 1 aromatic rings. The summed E-state index contributed by atoms with van der Waals surface area (Å²) in [5.41, 5.74) is -1.41. The zero-order chi connectivity index (χ0) is 19.0. The normalized spacial score (nSPS) is 19.1. The Bertz CT molecular complexity index is 646. The van der Waals surface area contributed by atoms with Crippen molar-refractivity contribution in [1.82, 2.24) is 9.88 Å². The average Bonchev–Trinajstić information content (AvgIpc) is 2.44. The van der Waals surface area contributed by atoms with Crippen molar-refractivity contribution in [1.29, 1.82) is 0 Å². The van der Waals surface area contributed by atoms with Gasteiger partial charge in [0, 0.05) is 36.3 Å². The molecule has 1 atom stereocenters. The fourth-order valence-corrected chi connectivity index (χ4v) is 2.97. The van der Waals surface area contributed by atoms with Crippen LogP contribution in [0, 0.1) is 0 Å². The molecule has 9 heteroatoms. The van der Waals surface area contributed by atoms with E-state index in [1.54, 1.807) is 32.6 Å². The lowest BCUT2D eigenvalue weighted by Gasteiger charge is -2.41. The largest absolute Gasteiger partial charge is 0.444 e. The van der Waals surface area contributed by atoms with Gasteiger partial charge in [-0.3, -0.25) is 0 Å². The van der Waals surface area contributed by atoms with E-state index in [1.165, 1.54) is 11.1 Å². The molecule has 1 amide bonds. The van der Waals surface area contributed by atoms with Gasteiger partial charge in [-0.2, -0.15) is 13.2 Å². The van der Waals surface area contributed by atoms with Crippen molar-refractivity contribution in [3.05, 3.63) is 22.3 Å². The van der Waals surface area contributed by atoms with Crippen LogP contribution < -0.4 is 4.90 Å². The quantitative estimate of drug-likeness (QED) is 0.674. The minimum absolute atomic E-state index is 0.119. The predicted molar refractivity (Wildman–Crippen MR) is 91.6 cm³/mol. The highest BCUT2D eigenvalue weighted by atomic mass is 79.9. The molecule has 0 bridgehead atoms. The molecule has 1 fully saturated rings. The Kier molecular flexibility index (Phi) is 5.56. The number of rotatable bonds is 1. The van der Waals surface area contributed by atoms with Crippen LogP contribution in [0.25, 0.3) is 0 Å². The van der Waals surface area contributed by atoms with E-state index in [2.05, 4.69) is 20.9 Å². The molecule has 0 radical (unpaired) electrons. The molecule has 1 saturated heterocycles. The Balaban J connectivity index is 2.18. The third-order valence-corrected chi connectivity index (χ3v) is 4.13. The molecule has 0 aromatic carbocycles. The fourth-order valence-electron chi connectivity index (χ4n) is 2.63. The molecule has 1 aromatic heterocycles. The first-order valence-electron chi connectivity index (χ1n) is 7.86. The molecule has 1 aliphatic heterocycles. The smallest absolute Gasteiger partial charge is 0.419 e. The van der Waals surface area contributed by atoms with Crippen LogP contribution in [0.5, 0.6) is 0 Å². The van der Waals surface area contributed by atoms with E-state index in [9.17, 15) is 18.0 Å². The maximum atomic E-state index is 13.3. The number of nitrogens with zero attached hydrogens (tertiary/aromatic N) is 3. The first kappa shape index (κ1) is 19.8. The first-order chi connectivity index (χ1) is 11.4. The Hall–Kier alpha value is -1.51. The lowest BCUT2D eigenvalue weighted by Crippen LogP contribution is -2.55. The van der Waals surface area contributed by atoms with Crippen LogP contribution in [0.3, 0.4) is 0 Å². The topological polar surface area (TPSA) is 45.7 Å². The molecule has 5 nitrogen and oxygen atoms in total. The number of carbonyl (C=O) groups excluding carboxylic acids is 1. The van der Waals surface area contributed by atoms with Gasteiger partial charge in [-0.15, -0.1) is 0 Å². The van der Waals surface area contributed by atoms with Crippen molar-refractivity contribution in [3.63, 3.8) is 0 Å². The van der Waals surface area contributed by atoms with E-state index in [1.807, 2.05) is 0 Å². The number of carbonyl (C=O) groups is 1. The van der Waals surface area contributed by atoms with Crippen molar-refractivity contribution in [2.45, 2.75) is 45.5 Å². The van der Waals surface area contributed by atoms with Gasteiger partial charge in [0.2, 0.25) is 0 Å². The second kappa shape index (κ2) is 7.01. The molecule has 140 valence electrons. The number of halogens is 4. The summed E-state index contributed by atoms with van der Waals surface area (Å²) in [4.78, 5) is 19.3. The molecule has 0 saturated carbocycles. The van der Waals surface area contributed by atoms with Gasteiger partial charge in [0.15, 0.2) is 0 Å². The van der Waals surface area contributed by atoms with Gasteiger partial charge >= 0.3 is 12.3 Å². The summed E-state index contributed by atoms with van der Waals surface area (Å²) in [6.07, 6.45) is -3.62.